The van der Waals surface area contributed by atoms with Crippen molar-refractivity contribution in [2.75, 3.05) is 18.9 Å². The van der Waals surface area contributed by atoms with Gasteiger partial charge in [0.15, 0.2) is 11.5 Å². The number of carboxylic acid groups (broad SMARTS) is 1. The number of anilines is 1. The molecule has 3 N–H and O–H groups in total. The quantitative estimate of drug-likeness (QED) is 0.746. The Morgan fingerprint density at radius 2 is 1.94 bits per heavy atom. The summed E-state index contributed by atoms with van der Waals surface area (Å²) in [4.78, 5) is 10.9. The van der Waals surface area contributed by atoms with E-state index >= 15 is 0 Å². The number of aromatic carboxylic acids is 1. The van der Waals surface area contributed by atoms with Crippen molar-refractivity contribution in [2.24, 2.45) is 0 Å². The van der Waals surface area contributed by atoms with Gasteiger partial charge < -0.3 is 20.3 Å². The summed E-state index contributed by atoms with van der Waals surface area (Å²) in [5.41, 5.74) is 5.83. The van der Waals surface area contributed by atoms with Gasteiger partial charge in [-0.3, -0.25) is 0 Å². The smallest absolute Gasteiger partial charge is 0.337 e. The lowest BCUT2D eigenvalue weighted by atomic mass is 10.1. The minimum atomic E-state index is -1.08. The highest BCUT2D eigenvalue weighted by Crippen LogP contribution is 2.36. The average molecular weight is 225 g/mol. The molecule has 0 unspecified atom stereocenters. The largest absolute Gasteiger partial charge is 0.490 e. The molecule has 0 aliphatic carbocycles. The summed E-state index contributed by atoms with van der Waals surface area (Å²) < 4.78 is 10.6. The second-order valence-corrected chi connectivity index (χ2v) is 3.03. The van der Waals surface area contributed by atoms with Crippen molar-refractivity contribution in [3.63, 3.8) is 0 Å². The number of carboxylic acids is 1. The van der Waals surface area contributed by atoms with Crippen LogP contribution in [0.15, 0.2) is 12.1 Å². The van der Waals surface area contributed by atoms with Crippen LogP contribution in [0, 0.1) is 0 Å². The van der Waals surface area contributed by atoms with Crippen LogP contribution < -0.4 is 15.2 Å². The number of carbonyl (C=O) groups is 1. The van der Waals surface area contributed by atoms with Crippen molar-refractivity contribution in [3.8, 4) is 11.5 Å². The van der Waals surface area contributed by atoms with Crippen LogP contribution in [0.2, 0.25) is 0 Å². The predicted octanol–water partition coefficient (Wildman–Crippen LogP) is 1.76. The molecule has 0 aliphatic heterocycles. The molecule has 0 bridgehead atoms. The van der Waals surface area contributed by atoms with Crippen LogP contribution in [-0.4, -0.2) is 24.3 Å². The molecule has 0 amide bonds. The van der Waals surface area contributed by atoms with E-state index < -0.39 is 5.97 Å². The molecule has 1 aromatic rings. The van der Waals surface area contributed by atoms with Crippen LogP contribution in [0.25, 0.3) is 0 Å². The second-order valence-electron chi connectivity index (χ2n) is 3.03. The molecule has 0 radical (unpaired) electrons. The summed E-state index contributed by atoms with van der Waals surface area (Å²) in [5, 5.41) is 8.90. The number of hydrogen-bond acceptors (Lipinski definition) is 4. The maximum absolute atomic E-state index is 10.9. The lowest BCUT2D eigenvalue weighted by molar-refractivity contribution is 0.0697. The average Bonchev–Trinajstić information content (AvgIpc) is 2.23. The van der Waals surface area contributed by atoms with Gasteiger partial charge in [0, 0.05) is 0 Å². The molecule has 0 saturated heterocycles. The van der Waals surface area contributed by atoms with E-state index in [1.807, 2.05) is 6.92 Å². The van der Waals surface area contributed by atoms with Crippen LogP contribution in [0.1, 0.15) is 24.2 Å². The van der Waals surface area contributed by atoms with Gasteiger partial charge in [-0.05, 0) is 26.0 Å². The van der Waals surface area contributed by atoms with Gasteiger partial charge in [-0.2, -0.15) is 0 Å². The zero-order valence-electron chi connectivity index (χ0n) is 9.32. The van der Waals surface area contributed by atoms with Gasteiger partial charge in [0.2, 0.25) is 0 Å². The van der Waals surface area contributed by atoms with Crippen molar-refractivity contribution in [3.05, 3.63) is 17.7 Å². The molecule has 1 aromatic carbocycles. The highest BCUT2D eigenvalue weighted by Gasteiger charge is 2.17. The normalized spacial score (nSPS) is 9.88. The maximum Gasteiger partial charge on any atom is 0.337 e. The summed E-state index contributed by atoms with van der Waals surface area (Å²) in [6, 6.07) is 2.96. The van der Waals surface area contributed by atoms with E-state index in [2.05, 4.69) is 0 Å². The molecule has 0 aromatic heterocycles. The van der Waals surface area contributed by atoms with Crippen molar-refractivity contribution in [1.82, 2.24) is 0 Å². The Bertz CT molecular complexity index is 390. The first-order chi connectivity index (χ1) is 7.61. The molecule has 5 heteroatoms. The zero-order chi connectivity index (χ0) is 12.1. The van der Waals surface area contributed by atoms with E-state index in [0.717, 1.165) is 0 Å². The Balaban J connectivity index is 3.23. The van der Waals surface area contributed by atoms with Gasteiger partial charge in [0.1, 0.15) is 0 Å². The first-order valence-electron chi connectivity index (χ1n) is 5.03. The Kier molecular flexibility index (Phi) is 3.99. The van der Waals surface area contributed by atoms with Crippen LogP contribution >= 0.6 is 0 Å². The molecule has 0 heterocycles. The molecular weight excluding hydrogens is 210 g/mol. The number of ether oxygens (including phenoxy) is 2. The molecule has 1 rings (SSSR count). The van der Waals surface area contributed by atoms with Crippen LogP contribution in [0.4, 0.5) is 5.69 Å². The van der Waals surface area contributed by atoms with Crippen LogP contribution in [0.5, 0.6) is 11.5 Å². The Morgan fingerprint density at radius 3 is 2.44 bits per heavy atom. The molecule has 0 saturated carbocycles. The zero-order valence-corrected chi connectivity index (χ0v) is 9.32. The summed E-state index contributed by atoms with van der Waals surface area (Å²) in [6.07, 6.45) is 0. The van der Waals surface area contributed by atoms with Crippen LogP contribution in [0.3, 0.4) is 0 Å². The van der Waals surface area contributed by atoms with E-state index in [4.69, 9.17) is 20.3 Å². The van der Waals surface area contributed by atoms with E-state index in [1.165, 1.54) is 6.07 Å². The number of nitrogens with two attached hydrogens (primary N) is 1. The maximum atomic E-state index is 10.9. The summed E-state index contributed by atoms with van der Waals surface area (Å²) >= 11 is 0. The van der Waals surface area contributed by atoms with E-state index in [1.54, 1.807) is 13.0 Å². The van der Waals surface area contributed by atoms with E-state index in [-0.39, 0.29) is 11.3 Å². The molecule has 0 atom stereocenters. The third-order valence-electron chi connectivity index (χ3n) is 1.98. The number of nitrogen functional groups attached to an aromatic ring is 1. The minimum Gasteiger partial charge on any atom is -0.490 e. The highest BCUT2D eigenvalue weighted by molar-refractivity contribution is 5.96. The van der Waals surface area contributed by atoms with Crippen molar-refractivity contribution in [1.29, 1.82) is 0 Å². The number of rotatable bonds is 5. The van der Waals surface area contributed by atoms with Crippen molar-refractivity contribution < 1.29 is 19.4 Å². The Morgan fingerprint density at radius 1 is 1.31 bits per heavy atom. The molecule has 0 spiro atoms. The molecule has 0 fully saturated rings. The topological polar surface area (TPSA) is 81.8 Å². The van der Waals surface area contributed by atoms with Gasteiger partial charge in [-0.25, -0.2) is 4.79 Å². The van der Waals surface area contributed by atoms with Crippen molar-refractivity contribution >= 4 is 11.7 Å². The lowest BCUT2D eigenvalue weighted by Gasteiger charge is -2.14. The number of hydrogen-bond donors (Lipinski definition) is 2. The monoisotopic (exact) mass is 225 g/mol. The van der Waals surface area contributed by atoms with E-state index in [0.29, 0.717) is 24.7 Å². The first-order valence-corrected chi connectivity index (χ1v) is 5.03. The fraction of sp³-hybridized carbons (Fsp3) is 0.364. The minimum absolute atomic E-state index is 0.0203. The van der Waals surface area contributed by atoms with Gasteiger partial charge in [0.05, 0.1) is 24.5 Å². The SMILES string of the molecule is CCOc1ccc(C(=O)O)c(N)c1OCC. The first kappa shape index (κ1) is 12.2. The predicted molar refractivity (Wildman–Crippen MR) is 60.2 cm³/mol. The fourth-order valence-electron chi connectivity index (χ4n) is 1.33. The van der Waals surface area contributed by atoms with Gasteiger partial charge >= 0.3 is 5.97 Å². The highest BCUT2D eigenvalue weighted by atomic mass is 16.5. The number of benzene rings is 1. The molecule has 0 aliphatic rings. The Labute approximate surface area is 93.8 Å². The summed E-state index contributed by atoms with van der Waals surface area (Å²) in [7, 11) is 0. The Hall–Kier alpha value is -1.91. The van der Waals surface area contributed by atoms with E-state index in [9.17, 15) is 4.79 Å². The lowest BCUT2D eigenvalue weighted by Crippen LogP contribution is -2.07. The molecule has 88 valence electrons. The summed E-state index contributed by atoms with van der Waals surface area (Å²) in [6.45, 7) is 4.49. The van der Waals surface area contributed by atoms with Gasteiger partial charge in [0.25, 0.3) is 0 Å². The van der Waals surface area contributed by atoms with Crippen molar-refractivity contribution in [2.45, 2.75) is 13.8 Å². The fourth-order valence-corrected chi connectivity index (χ4v) is 1.33. The molecule has 5 nitrogen and oxygen atoms in total. The standard InChI is InChI=1S/C11H15NO4/c1-3-15-8-6-5-7(11(13)14)9(12)10(8)16-4-2/h5-6H,3-4,12H2,1-2H3,(H,13,14). The second kappa shape index (κ2) is 5.25. The third-order valence-corrected chi connectivity index (χ3v) is 1.98. The van der Waals surface area contributed by atoms with Crippen LogP contribution in [-0.2, 0) is 0 Å². The molecule has 16 heavy (non-hydrogen) atoms. The van der Waals surface area contributed by atoms with Gasteiger partial charge in [-0.1, -0.05) is 0 Å². The summed E-state index contributed by atoms with van der Waals surface area (Å²) in [5.74, 6) is -0.322. The van der Waals surface area contributed by atoms with Gasteiger partial charge in [-0.15, -0.1) is 0 Å². The molecular formula is C11H15NO4. The third kappa shape index (κ3) is 2.36.